The molecule has 0 saturated carbocycles. The summed E-state index contributed by atoms with van der Waals surface area (Å²) in [7, 11) is 0. The Morgan fingerprint density at radius 2 is 1.68 bits per heavy atom. The molecule has 1 unspecified atom stereocenters. The van der Waals surface area contributed by atoms with E-state index in [2.05, 4.69) is 17.6 Å². The molecule has 0 aliphatic rings. The lowest BCUT2D eigenvalue weighted by atomic mass is 9.95. The van der Waals surface area contributed by atoms with E-state index < -0.39 is 39.9 Å². The van der Waals surface area contributed by atoms with Gasteiger partial charge in [-0.25, -0.2) is 14.6 Å². The van der Waals surface area contributed by atoms with Crippen LogP contribution in [0, 0.1) is 0 Å². The number of carbonyl (C=O) groups is 3. The zero-order chi connectivity index (χ0) is 21.9. The number of esters is 2. The van der Waals surface area contributed by atoms with Crippen LogP contribution in [0.2, 0.25) is 0 Å². The highest BCUT2D eigenvalue weighted by atomic mass is 32.2. The minimum Gasteiger partial charge on any atom is -0.479 e. The third kappa shape index (κ3) is 6.39. The Hall–Kier alpha value is -1.78. The molecule has 0 spiro atoms. The van der Waals surface area contributed by atoms with E-state index in [-0.39, 0.29) is 5.03 Å². The van der Waals surface area contributed by atoms with Crippen LogP contribution in [0.3, 0.4) is 0 Å². The number of nitrogens with zero attached hydrogens (tertiary/aromatic N) is 1. The van der Waals surface area contributed by atoms with Gasteiger partial charge in [0, 0.05) is 11.1 Å². The maximum absolute atomic E-state index is 12.8. The van der Waals surface area contributed by atoms with Crippen LogP contribution in [0.1, 0.15) is 41.5 Å². The predicted molar refractivity (Wildman–Crippen MR) is 107 cm³/mol. The predicted octanol–water partition coefficient (Wildman–Crippen LogP) is 2.30. The number of carboxylic acid groups (broad SMARTS) is 1. The lowest BCUT2D eigenvalue weighted by Gasteiger charge is -2.33. The number of ether oxygens (including phenoxy) is 2. The van der Waals surface area contributed by atoms with Crippen molar-refractivity contribution in [2.45, 2.75) is 73.5 Å². The standard InChI is InChI=1S/C18H26N2O6S2/c1-16(2,3)25-13(21)11(28-12-10(27)8-7-9-20-12)18(19,14(22)23)15(24)26-17(4,5)6/h7-9,11,27H,19H2,1-6H3,(H,22,23)/t11?,18-/m0/s1. The second-order valence-electron chi connectivity index (χ2n) is 8.04. The number of thioether (sulfide) groups is 1. The van der Waals surface area contributed by atoms with E-state index in [0.717, 1.165) is 0 Å². The number of nitrogens with two attached hydrogens (primary N) is 1. The number of aliphatic carboxylic acids is 1. The van der Waals surface area contributed by atoms with Crippen molar-refractivity contribution in [3.05, 3.63) is 18.3 Å². The van der Waals surface area contributed by atoms with Gasteiger partial charge in [-0.2, -0.15) is 0 Å². The second kappa shape index (κ2) is 8.71. The topological polar surface area (TPSA) is 129 Å². The third-order valence-electron chi connectivity index (χ3n) is 3.11. The van der Waals surface area contributed by atoms with Crippen LogP contribution in [-0.4, -0.2) is 50.0 Å². The number of carbonyl (C=O) groups excluding carboxylic acids is 2. The van der Waals surface area contributed by atoms with E-state index in [1.54, 1.807) is 53.7 Å². The van der Waals surface area contributed by atoms with Gasteiger partial charge in [-0.3, -0.25) is 4.79 Å². The summed E-state index contributed by atoms with van der Waals surface area (Å²) in [5.41, 5.74) is 1.35. The molecule has 0 amide bonds. The summed E-state index contributed by atoms with van der Waals surface area (Å²) in [5.74, 6) is -3.96. The van der Waals surface area contributed by atoms with E-state index in [0.29, 0.717) is 16.7 Å². The molecule has 1 aromatic heterocycles. The summed E-state index contributed by atoms with van der Waals surface area (Å²) in [6.45, 7) is 9.53. The number of thiol groups is 1. The molecule has 0 aromatic carbocycles. The van der Waals surface area contributed by atoms with Crippen LogP contribution in [0.4, 0.5) is 0 Å². The van der Waals surface area contributed by atoms with Crippen molar-refractivity contribution in [2.24, 2.45) is 5.73 Å². The first-order valence-electron chi connectivity index (χ1n) is 8.37. The molecule has 2 atom stereocenters. The van der Waals surface area contributed by atoms with Crippen molar-refractivity contribution in [1.29, 1.82) is 0 Å². The Morgan fingerprint density at radius 1 is 1.14 bits per heavy atom. The summed E-state index contributed by atoms with van der Waals surface area (Å²) in [6.07, 6.45) is 1.45. The summed E-state index contributed by atoms with van der Waals surface area (Å²) >= 11 is 4.94. The highest BCUT2D eigenvalue weighted by molar-refractivity contribution is 8.01. The summed E-state index contributed by atoms with van der Waals surface area (Å²) in [5, 5.41) is 8.33. The Kier molecular flexibility index (Phi) is 7.54. The monoisotopic (exact) mass is 430 g/mol. The number of aromatic nitrogens is 1. The smallest absolute Gasteiger partial charge is 0.340 e. The fourth-order valence-electron chi connectivity index (χ4n) is 1.94. The Labute approximate surface area is 174 Å². The molecule has 0 aliphatic carbocycles. The molecule has 10 heteroatoms. The first-order chi connectivity index (χ1) is 12.6. The van der Waals surface area contributed by atoms with Crippen molar-refractivity contribution in [3.8, 4) is 0 Å². The van der Waals surface area contributed by atoms with Gasteiger partial charge in [-0.1, -0.05) is 11.8 Å². The van der Waals surface area contributed by atoms with Gasteiger partial charge in [-0.15, -0.1) is 12.6 Å². The average molecular weight is 431 g/mol. The van der Waals surface area contributed by atoms with Crippen LogP contribution < -0.4 is 5.73 Å². The Balaban J connectivity index is 3.47. The van der Waals surface area contributed by atoms with Crippen LogP contribution in [0.25, 0.3) is 0 Å². The van der Waals surface area contributed by atoms with E-state index in [1.807, 2.05) is 0 Å². The largest absolute Gasteiger partial charge is 0.479 e. The molecule has 0 saturated heterocycles. The van der Waals surface area contributed by atoms with Gasteiger partial charge in [0.25, 0.3) is 0 Å². The molecule has 0 fully saturated rings. The third-order valence-corrected chi connectivity index (χ3v) is 4.97. The van der Waals surface area contributed by atoms with Gasteiger partial charge in [-0.05, 0) is 53.7 Å². The highest BCUT2D eigenvalue weighted by Crippen LogP contribution is 2.35. The van der Waals surface area contributed by atoms with E-state index in [4.69, 9.17) is 15.2 Å². The molecule has 28 heavy (non-hydrogen) atoms. The van der Waals surface area contributed by atoms with Crippen molar-refractivity contribution < 1.29 is 29.0 Å². The van der Waals surface area contributed by atoms with E-state index in [9.17, 15) is 19.5 Å². The molecule has 0 aliphatic heterocycles. The van der Waals surface area contributed by atoms with E-state index in [1.165, 1.54) is 6.20 Å². The van der Waals surface area contributed by atoms with Crippen LogP contribution >= 0.6 is 24.4 Å². The van der Waals surface area contributed by atoms with Crippen LogP contribution in [0.15, 0.2) is 28.3 Å². The molecular formula is C18H26N2O6S2. The average Bonchev–Trinajstić information content (AvgIpc) is 2.49. The Bertz CT molecular complexity index is 757. The molecule has 0 bridgehead atoms. The number of hydrogen-bond donors (Lipinski definition) is 3. The summed E-state index contributed by atoms with van der Waals surface area (Å²) in [6, 6.07) is 3.23. The molecule has 0 radical (unpaired) electrons. The minimum absolute atomic E-state index is 0.223. The van der Waals surface area contributed by atoms with Gasteiger partial charge in [0.2, 0.25) is 5.54 Å². The quantitative estimate of drug-likeness (QED) is 0.269. The molecule has 1 aromatic rings. The van der Waals surface area contributed by atoms with Gasteiger partial charge in [0.05, 0.1) is 0 Å². The number of pyridine rings is 1. The Morgan fingerprint density at radius 3 is 2.11 bits per heavy atom. The van der Waals surface area contributed by atoms with E-state index >= 15 is 0 Å². The lowest BCUT2D eigenvalue weighted by molar-refractivity contribution is -0.174. The van der Waals surface area contributed by atoms with Gasteiger partial charge in [0.15, 0.2) is 0 Å². The molecule has 156 valence electrons. The fraction of sp³-hybridized carbons (Fsp3) is 0.556. The first-order valence-corrected chi connectivity index (χ1v) is 9.70. The van der Waals surface area contributed by atoms with Gasteiger partial charge in [0.1, 0.15) is 21.5 Å². The van der Waals surface area contributed by atoms with Gasteiger partial charge < -0.3 is 20.3 Å². The summed E-state index contributed by atoms with van der Waals surface area (Å²) in [4.78, 5) is 42.1. The maximum Gasteiger partial charge on any atom is 0.340 e. The number of hydrogen-bond acceptors (Lipinski definition) is 9. The minimum atomic E-state index is -2.71. The van der Waals surface area contributed by atoms with Crippen molar-refractivity contribution >= 4 is 42.3 Å². The van der Waals surface area contributed by atoms with Crippen molar-refractivity contribution in [2.75, 3.05) is 0 Å². The van der Waals surface area contributed by atoms with Crippen molar-refractivity contribution in [3.63, 3.8) is 0 Å². The number of carboxylic acids is 1. The molecule has 8 nitrogen and oxygen atoms in total. The first kappa shape index (κ1) is 24.3. The van der Waals surface area contributed by atoms with Gasteiger partial charge >= 0.3 is 17.9 Å². The molecule has 1 rings (SSSR count). The number of rotatable bonds is 6. The molecule has 1 heterocycles. The summed E-state index contributed by atoms with van der Waals surface area (Å²) < 4.78 is 10.5. The SMILES string of the molecule is CC(C)(C)OC(=O)C(Sc1ncccc1S)[C@](N)(C(=O)O)C(=O)OC(C)(C)C. The maximum atomic E-state index is 12.8. The highest BCUT2D eigenvalue weighted by Gasteiger charge is 2.57. The molecule has 3 N–H and O–H groups in total. The lowest BCUT2D eigenvalue weighted by Crippen LogP contribution is -2.66. The molecular weight excluding hydrogens is 404 g/mol. The van der Waals surface area contributed by atoms with Crippen LogP contribution in [0.5, 0.6) is 0 Å². The zero-order valence-electron chi connectivity index (χ0n) is 16.7. The van der Waals surface area contributed by atoms with Crippen molar-refractivity contribution in [1.82, 2.24) is 4.98 Å². The zero-order valence-corrected chi connectivity index (χ0v) is 18.4. The second-order valence-corrected chi connectivity index (χ2v) is 9.61. The normalized spacial score (nSPS) is 15.3. The fourth-order valence-corrected chi connectivity index (χ4v) is 3.30. The van der Waals surface area contributed by atoms with Crippen LogP contribution in [-0.2, 0) is 23.9 Å².